The zero-order valence-electron chi connectivity index (χ0n) is 9.76. The Labute approximate surface area is 91.2 Å². The van der Waals surface area contributed by atoms with Gasteiger partial charge in [-0.2, -0.15) is 11.8 Å². The van der Waals surface area contributed by atoms with Crippen molar-refractivity contribution in [3.8, 4) is 0 Å². The van der Waals surface area contributed by atoms with E-state index >= 15 is 0 Å². The van der Waals surface area contributed by atoms with Crippen molar-refractivity contribution in [3.05, 3.63) is 0 Å². The molecule has 0 heterocycles. The Hall–Kier alpha value is -0.220. The molecule has 0 bridgehead atoms. The molecule has 14 heavy (non-hydrogen) atoms. The van der Waals surface area contributed by atoms with E-state index in [2.05, 4.69) is 26.1 Å². The van der Waals surface area contributed by atoms with Gasteiger partial charge in [0, 0.05) is 11.0 Å². The van der Waals surface area contributed by atoms with Crippen LogP contribution in [-0.4, -0.2) is 29.5 Å². The summed E-state index contributed by atoms with van der Waals surface area (Å²) in [6.07, 6.45) is 0. The van der Waals surface area contributed by atoms with Crippen molar-refractivity contribution in [1.82, 2.24) is 5.32 Å². The van der Waals surface area contributed by atoms with Gasteiger partial charge in [-0.25, -0.2) is 0 Å². The van der Waals surface area contributed by atoms with Gasteiger partial charge < -0.3 is 11.1 Å². The molecule has 1 amide bonds. The van der Waals surface area contributed by atoms with E-state index in [0.29, 0.717) is 11.2 Å². The van der Waals surface area contributed by atoms with Crippen molar-refractivity contribution >= 4 is 17.7 Å². The molecule has 0 aliphatic carbocycles. The number of hydrogen-bond donors (Lipinski definition) is 2. The van der Waals surface area contributed by atoms with Crippen molar-refractivity contribution in [2.45, 2.75) is 38.5 Å². The van der Waals surface area contributed by atoms with Gasteiger partial charge in [0.2, 0.25) is 5.91 Å². The fourth-order valence-corrected chi connectivity index (χ4v) is 2.02. The fraction of sp³-hybridized carbons (Fsp3) is 0.900. The van der Waals surface area contributed by atoms with Crippen molar-refractivity contribution in [1.29, 1.82) is 0 Å². The highest BCUT2D eigenvalue weighted by molar-refractivity contribution is 8.00. The highest BCUT2D eigenvalue weighted by atomic mass is 32.2. The molecule has 0 aliphatic heterocycles. The molecule has 0 spiro atoms. The molecular weight excluding hydrogens is 196 g/mol. The van der Waals surface area contributed by atoms with Gasteiger partial charge in [-0.3, -0.25) is 4.79 Å². The summed E-state index contributed by atoms with van der Waals surface area (Å²) >= 11 is 1.78. The Bertz CT molecular complexity index is 197. The number of nitrogens with two attached hydrogens (primary N) is 1. The summed E-state index contributed by atoms with van der Waals surface area (Å²) in [6, 6.07) is 0. The van der Waals surface area contributed by atoms with Crippen molar-refractivity contribution in [2.75, 3.05) is 12.8 Å². The summed E-state index contributed by atoms with van der Waals surface area (Å²) in [5, 5.41) is 3.52. The van der Waals surface area contributed by atoms with Gasteiger partial charge in [0.05, 0.1) is 0 Å². The van der Waals surface area contributed by atoms with Crippen LogP contribution in [0.5, 0.6) is 0 Å². The highest BCUT2D eigenvalue weighted by Gasteiger charge is 2.29. The molecule has 4 heteroatoms. The van der Waals surface area contributed by atoms with Crippen LogP contribution in [0.2, 0.25) is 0 Å². The Kier molecular flexibility index (Phi) is 5.52. The Morgan fingerprint density at radius 1 is 1.50 bits per heavy atom. The SMILES string of the molecule is CNC(C)(CSC(C)C(C)C)C(N)=O. The van der Waals surface area contributed by atoms with Gasteiger partial charge in [0.1, 0.15) is 5.54 Å². The minimum atomic E-state index is -0.589. The third-order valence-corrected chi connectivity index (χ3v) is 4.48. The zero-order chi connectivity index (χ0) is 11.4. The van der Waals surface area contributed by atoms with Crippen LogP contribution >= 0.6 is 11.8 Å². The third-order valence-electron chi connectivity index (χ3n) is 2.67. The number of hydrogen-bond acceptors (Lipinski definition) is 3. The minimum absolute atomic E-state index is 0.288. The standard InChI is InChI=1S/C10H22N2OS/c1-7(2)8(3)14-6-10(4,12-5)9(11)13/h7-8,12H,6H2,1-5H3,(H2,11,13). The van der Waals surface area contributed by atoms with Crippen LogP contribution in [0, 0.1) is 5.92 Å². The summed E-state index contributed by atoms with van der Waals surface area (Å²) in [4.78, 5) is 11.2. The molecule has 0 aromatic carbocycles. The lowest BCUT2D eigenvalue weighted by Crippen LogP contribution is -2.53. The number of carbonyl (C=O) groups excluding carboxylic acids is 1. The summed E-state index contributed by atoms with van der Waals surface area (Å²) in [6.45, 7) is 8.37. The minimum Gasteiger partial charge on any atom is -0.368 e. The van der Waals surface area contributed by atoms with Crippen LogP contribution in [0.15, 0.2) is 0 Å². The monoisotopic (exact) mass is 218 g/mol. The molecule has 2 unspecified atom stereocenters. The van der Waals surface area contributed by atoms with Crippen molar-refractivity contribution < 1.29 is 4.79 Å². The first-order valence-electron chi connectivity index (χ1n) is 4.94. The van der Waals surface area contributed by atoms with E-state index in [-0.39, 0.29) is 5.91 Å². The maximum atomic E-state index is 11.2. The quantitative estimate of drug-likeness (QED) is 0.705. The summed E-state index contributed by atoms with van der Waals surface area (Å²) in [5.41, 5.74) is 4.74. The van der Waals surface area contributed by atoms with Gasteiger partial charge in [0.25, 0.3) is 0 Å². The van der Waals surface area contributed by atoms with E-state index in [4.69, 9.17) is 5.73 Å². The summed E-state index contributed by atoms with van der Waals surface area (Å²) < 4.78 is 0. The van der Waals surface area contributed by atoms with Crippen LogP contribution in [-0.2, 0) is 4.79 Å². The summed E-state index contributed by atoms with van der Waals surface area (Å²) in [7, 11) is 1.77. The van der Waals surface area contributed by atoms with Crippen LogP contribution < -0.4 is 11.1 Å². The molecule has 0 aromatic rings. The van der Waals surface area contributed by atoms with Gasteiger partial charge >= 0.3 is 0 Å². The molecule has 0 saturated heterocycles. The van der Waals surface area contributed by atoms with Gasteiger partial charge in [-0.1, -0.05) is 20.8 Å². The lowest BCUT2D eigenvalue weighted by molar-refractivity contribution is -0.122. The number of amides is 1. The smallest absolute Gasteiger partial charge is 0.238 e. The van der Waals surface area contributed by atoms with E-state index in [9.17, 15) is 4.79 Å². The molecule has 0 aromatic heterocycles. The predicted octanol–water partition coefficient (Wildman–Crippen LogP) is 1.23. The Morgan fingerprint density at radius 2 is 2.00 bits per heavy atom. The van der Waals surface area contributed by atoms with Gasteiger partial charge in [-0.05, 0) is 19.9 Å². The molecule has 84 valence electrons. The Balaban J connectivity index is 4.15. The van der Waals surface area contributed by atoms with Gasteiger partial charge in [-0.15, -0.1) is 0 Å². The first-order valence-corrected chi connectivity index (χ1v) is 5.98. The van der Waals surface area contributed by atoms with Crippen LogP contribution in [0.4, 0.5) is 0 Å². The second kappa shape index (κ2) is 5.61. The van der Waals surface area contributed by atoms with E-state index < -0.39 is 5.54 Å². The average molecular weight is 218 g/mol. The maximum absolute atomic E-state index is 11.2. The molecule has 0 rings (SSSR count). The lowest BCUT2D eigenvalue weighted by Gasteiger charge is -2.27. The number of carbonyl (C=O) groups is 1. The number of nitrogens with one attached hydrogen (secondary N) is 1. The van der Waals surface area contributed by atoms with Crippen LogP contribution in [0.25, 0.3) is 0 Å². The van der Waals surface area contributed by atoms with Crippen LogP contribution in [0.3, 0.4) is 0 Å². The molecule has 0 radical (unpaired) electrons. The predicted molar refractivity (Wildman–Crippen MR) is 63.4 cm³/mol. The van der Waals surface area contributed by atoms with Crippen molar-refractivity contribution in [3.63, 3.8) is 0 Å². The first-order chi connectivity index (χ1) is 6.33. The number of likely N-dealkylation sites (N-methyl/N-ethyl adjacent to an activating group) is 1. The molecule has 0 fully saturated rings. The molecule has 0 saturated carbocycles. The van der Waals surface area contributed by atoms with Crippen LogP contribution in [0.1, 0.15) is 27.7 Å². The maximum Gasteiger partial charge on any atom is 0.238 e. The average Bonchev–Trinajstić information content (AvgIpc) is 2.12. The topological polar surface area (TPSA) is 55.1 Å². The fourth-order valence-electron chi connectivity index (χ4n) is 0.757. The number of rotatable bonds is 6. The van der Waals surface area contributed by atoms with E-state index in [0.717, 1.165) is 5.75 Å². The normalized spacial score (nSPS) is 17.9. The molecule has 0 aliphatic rings. The van der Waals surface area contributed by atoms with Gasteiger partial charge in [0.15, 0.2) is 0 Å². The zero-order valence-corrected chi connectivity index (χ0v) is 10.6. The third kappa shape index (κ3) is 3.88. The second-order valence-corrected chi connectivity index (χ2v) is 5.57. The first kappa shape index (κ1) is 13.8. The molecule has 3 N–H and O–H groups in total. The summed E-state index contributed by atoms with van der Waals surface area (Å²) in [5.74, 6) is 1.05. The molecule has 3 nitrogen and oxygen atoms in total. The lowest BCUT2D eigenvalue weighted by atomic mass is 10.1. The molecular formula is C10H22N2OS. The largest absolute Gasteiger partial charge is 0.368 e. The number of thioether (sulfide) groups is 1. The highest BCUT2D eigenvalue weighted by Crippen LogP contribution is 2.22. The van der Waals surface area contributed by atoms with Crippen molar-refractivity contribution in [2.24, 2.45) is 11.7 Å². The van der Waals surface area contributed by atoms with E-state index in [1.807, 2.05) is 6.92 Å². The molecule has 2 atom stereocenters. The van der Waals surface area contributed by atoms with E-state index in [1.165, 1.54) is 0 Å². The Morgan fingerprint density at radius 3 is 2.29 bits per heavy atom. The second-order valence-electron chi connectivity index (χ2n) is 4.21. The van der Waals surface area contributed by atoms with E-state index in [1.54, 1.807) is 18.8 Å². The number of primary amides is 1.